The molecule has 1 unspecified atom stereocenters. The maximum absolute atomic E-state index is 13.4. The van der Waals surface area contributed by atoms with Crippen LogP contribution in [0.2, 0.25) is 0 Å². The largest absolute Gasteiger partial charge is 0.479 e. The Morgan fingerprint density at radius 2 is 2.08 bits per heavy atom. The summed E-state index contributed by atoms with van der Waals surface area (Å²) in [4.78, 5) is 24.9. The zero-order valence-corrected chi connectivity index (χ0v) is 15.2. The Labute approximate surface area is 149 Å². The number of allylic oxidation sites excluding steroid dienone is 2. The topological polar surface area (TPSA) is 66.9 Å². The number of hydrogen-bond donors (Lipinski definition) is 1. The van der Waals surface area contributed by atoms with Crippen molar-refractivity contribution in [3.05, 3.63) is 11.6 Å². The normalized spacial score (nSPS) is 53.7. The number of aliphatic carboxylic acids is 1. The van der Waals surface area contributed by atoms with E-state index in [-0.39, 0.29) is 16.7 Å². The maximum Gasteiger partial charge on any atom is 0.335 e. The van der Waals surface area contributed by atoms with Crippen LogP contribution in [0, 0.1) is 28.6 Å². The number of epoxide rings is 1. The number of carboxylic acids is 1. The van der Waals surface area contributed by atoms with Crippen molar-refractivity contribution < 1.29 is 19.4 Å². The number of carboxylic acid groups (broad SMARTS) is 1. The van der Waals surface area contributed by atoms with E-state index in [1.54, 1.807) is 0 Å². The molecule has 1 heterocycles. The third kappa shape index (κ3) is 1.77. The van der Waals surface area contributed by atoms with E-state index >= 15 is 0 Å². The van der Waals surface area contributed by atoms with Crippen LogP contribution in [0.15, 0.2) is 11.6 Å². The van der Waals surface area contributed by atoms with Gasteiger partial charge in [-0.15, -0.1) is 0 Å². The van der Waals surface area contributed by atoms with E-state index < -0.39 is 17.7 Å². The van der Waals surface area contributed by atoms with Gasteiger partial charge < -0.3 is 9.84 Å². The summed E-state index contributed by atoms with van der Waals surface area (Å²) in [5.74, 6) is 0.441. The maximum atomic E-state index is 13.4. The second-order valence-corrected chi connectivity index (χ2v) is 9.66. The van der Waals surface area contributed by atoms with E-state index in [1.807, 2.05) is 0 Å². The van der Waals surface area contributed by atoms with Crippen molar-refractivity contribution in [3.63, 3.8) is 0 Å². The molecule has 1 spiro atoms. The summed E-state index contributed by atoms with van der Waals surface area (Å²) in [7, 11) is 0. The van der Waals surface area contributed by atoms with Crippen LogP contribution >= 0.6 is 0 Å². The van der Waals surface area contributed by atoms with Gasteiger partial charge in [-0.1, -0.05) is 31.9 Å². The molecule has 0 aromatic heterocycles. The molecule has 7 atom stereocenters. The van der Waals surface area contributed by atoms with Crippen molar-refractivity contribution in [1.82, 2.24) is 0 Å². The smallest absolute Gasteiger partial charge is 0.335 e. The van der Waals surface area contributed by atoms with Gasteiger partial charge >= 0.3 is 5.97 Å². The average molecular weight is 344 g/mol. The molecule has 5 aliphatic rings. The molecule has 0 amide bonds. The first-order chi connectivity index (χ1) is 11.8. The van der Waals surface area contributed by atoms with Gasteiger partial charge in [0.1, 0.15) is 11.4 Å². The molecule has 136 valence electrons. The Balaban J connectivity index is 1.54. The zero-order chi connectivity index (χ0) is 17.6. The fraction of sp³-hybridized carbons (Fsp3) is 0.810. The van der Waals surface area contributed by atoms with Crippen LogP contribution in [-0.4, -0.2) is 28.6 Å². The number of rotatable bonds is 1. The van der Waals surface area contributed by atoms with E-state index in [1.165, 1.54) is 18.4 Å². The first-order valence-corrected chi connectivity index (χ1v) is 9.96. The summed E-state index contributed by atoms with van der Waals surface area (Å²) in [6, 6.07) is 0. The molecule has 1 saturated heterocycles. The van der Waals surface area contributed by atoms with Gasteiger partial charge in [-0.05, 0) is 55.8 Å². The molecular formula is C21H28O4. The summed E-state index contributed by atoms with van der Waals surface area (Å²) in [5, 5.41) is 9.46. The number of ketones is 1. The molecule has 0 radical (unpaired) electrons. The summed E-state index contributed by atoms with van der Waals surface area (Å²) in [6.45, 7) is 4.47. The quantitative estimate of drug-likeness (QED) is 0.581. The van der Waals surface area contributed by atoms with Crippen LogP contribution in [0.4, 0.5) is 0 Å². The Bertz CT molecular complexity index is 696. The van der Waals surface area contributed by atoms with Crippen LogP contribution < -0.4 is 0 Å². The van der Waals surface area contributed by atoms with Crippen LogP contribution in [-0.2, 0) is 14.3 Å². The standard InChI is InChI=1S/C21H28O4/c1-19-9-4-3-5-12(19)6-7-13-14-8-10-21(17(25-21)18(23)24)20(14,2)11-15(22)16(13)19/h6,13-14,16-17H,3-5,7-11H2,1-2H3,(H,23,24)/t13-,14-,16+,17?,19-,20-,21-/m0/s1. The van der Waals surface area contributed by atoms with Gasteiger partial charge in [-0.3, -0.25) is 4.79 Å². The van der Waals surface area contributed by atoms with Crippen molar-refractivity contribution in [3.8, 4) is 0 Å². The highest BCUT2D eigenvalue weighted by Gasteiger charge is 2.77. The van der Waals surface area contributed by atoms with Gasteiger partial charge in [0.15, 0.2) is 6.10 Å². The zero-order valence-electron chi connectivity index (χ0n) is 15.2. The lowest BCUT2D eigenvalue weighted by molar-refractivity contribution is -0.145. The molecule has 4 fully saturated rings. The third-order valence-corrected chi connectivity index (χ3v) is 8.81. The fourth-order valence-electron chi connectivity index (χ4n) is 7.60. The molecule has 5 rings (SSSR count). The van der Waals surface area contributed by atoms with E-state index in [9.17, 15) is 14.7 Å². The molecule has 4 heteroatoms. The summed E-state index contributed by atoms with van der Waals surface area (Å²) >= 11 is 0. The highest BCUT2D eigenvalue weighted by molar-refractivity contribution is 5.86. The van der Waals surface area contributed by atoms with Gasteiger partial charge in [0.05, 0.1) is 0 Å². The van der Waals surface area contributed by atoms with Crippen LogP contribution in [0.1, 0.15) is 65.2 Å². The van der Waals surface area contributed by atoms with E-state index in [2.05, 4.69) is 19.9 Å². The molecule has 3 saturated carbocycles. The summed E-state index contributed by atoms with van der Waals surface area (Å²) < 4.78 is 5.79. The van der Waals surface area contributed by atoms with Crippen molar-refractivity contribution in [1.29, 1.82) is 0 Å². The molecule has 1 aliphatic heterocycles. The van der Waals surface area contributed by atoms with Crippen LogP contribution in [0.25, 0.3) is 0 Å². The van der Waals surface area contributed by atoms with Gasteiger partial charge in [0, 0.05) is 17.8 Å². The molecule has 1 N–H and O–H groups in total. The minimum atomic E-state index is -0.860. The Kier molecular flexibility index (Phi) is 3.06. The van der Waals surface area contributed by atoms with E-state index in [0.29, 0.717) is 24.0 Å². The highest BCUT2D eigenvalue weighted by Crippen LogP contribution is 2.71. The van der Waals surface area contributed by atoms with Gasteiger partial charge in [0.2, 0.25) is 0 Å². The van der Waals surface area contributed by atoms with E-state index in [0.717, 1.165) is 32.1 Å². The van der Waals surface area contributed by atoms with Gasteiger partial charge in [-0.25, -0.2) is 4.79 Å². The minimum absolute atomic E-state index is 0.0476. The molecule has 0 aromatic carbocycles. The SMILES string of the molecule is C[C@]12CCCCC1=CC[C@@H]1[C@@H]2C(=O)C[C@@]2(C)[C@H]1CC[C@@]21OC1C(=O)O. The lowest BCUT2D eigenvalue weighted by atomic mass is 9.47. The average Bonchev–Trinajstić information content (AvgIpc) is 3.23. The molecular weight excluding hydrogens is 316 g/mol. The molecule has 0 bridgehead atoms. The third-order valence-electron chi connectivity index (χ3n) is 8.81. The van der Waals surface area contributed by atoms with Crippen molar-refractivity contribution >= 4 is 11.8 Å². The lowest BCUT2D eigenvalue weighted by Gasteiger charge is -2.56. The Hall–Kier alpha value is -1.16. The monoisotopic (exact) mass is 344 g/mol. The molecule has 4 nitrogen and oxygen atoms in total. The predicted molar refractivity (Wildman–Crippen MR) is 91.9 cm³/mol. The number of carbonyl (C=O) groups excluding carboxylic acids is 1. The highest BCUT2D eigenvalue weighted by atomic mass is 16.6. The number of hydrogen-bond acceptors (Lipinski definition) is 3. The number of fused-ring (bicyclic) bond motifs is 6. The van der Waals surface area contributed by atoms with Crippen LogP contribution in [0.5, 0.6) is 0 Å². The second-order valence-electron chi connectivity index (χ2n) is 9.66. The predicted octanol–water partition coefficient (Wildman–Crippen LogP) is 3.74. The number of ether oxygens (including phenoxy) is 1. The van der Waals surface area contributed by atoms with Gasteiger partial charge in [-0.2, -0.15) is 0 Å². The second kappa shape index (κ2) is 4.76. The van der Waals surface area contributed by atoms with Gasteiger partial charge in [0.25, 0.3) is 0 Å². The number of carbonyl (C=O) groups is 2. The minimum Gasteiger partial charge on any atom is -0.479 e. The molecule has 0 aromatic rings. The summed E-state index contributed by atoms with van der Waals surface area (Å²) in [6.07, 6.45) is 9.81. The fourth-order valence-corrected chi connectivity index (χ4v) is 7.60. The van der Waals surface area contributed by atoms with Crippen molar-refractivity contribution in [2.75, 3.05) is 0 Å². The molecule has 25 heavy (non-hydrogen) atoms. The van der Waals surface area contributed by atoms with E-state index in [4.69, 9.17) is 4.74 Å². The Morgan fingerprint density at radius 3 is 2.80 bits per heavy atom. The van der Waals surface area contributed by atoms with Crippen LogP contribution in [0.3, 0.4) is 0 Å². The first kappa shape index (κ1) is 16.0. The number of Topliss-reactive ketones (excluding diaryl/α,β-unsaturated/α-hetero) is 1. The van der Waals surface area contributed by atoms with Crippen molar-refractivity contribution in [2.24, 2.45) is 28.6 Å². The summed E-state index contributed by atoms with van der Waals surface area (Å²) in [5.41, 5.74) is 0.689. The Morgan fingerprint density at radius 1 is 1.28 bits per heavy atom. The molecule has 4 aliphatic carbocycles. The first-order valence-electron chi connectivity index (χ1n) is 9.96. The van der Waals surface area contributed by atoms with Crippen molar-refractivity contribution in [2.45, 2.75) is 76.9 Å². The lowest BCUT2D eigenvalue weighted by Crippen LogP contribution is -2.56.